The van der Waals surface area contributed by atoms with Gasteiger partial charge in [-0.15, -0.1) is 0 Å². The van der Waals surface area contributed by atoms with Crippen molar-refractivity contribution in [3.05, 3.63) is 29.8 Å². The number of rotatable bonds is 6. The second-order valence-corrected chi connectivity index (χ2v) is 5.27. The Morgan fingerprint density at radius 2 is 2.14 bits per heavy atom. The normalized spacial score (nSPS) is 18.4. The molecule has 0 radical (unpaired) electrons. The number of unbranched alkanes of at least 4 members (excludes halogenated alkanes) is 1. The lowest BCUT2D eigenvalue weighted by Crippen LogP contribution is -2.39. The van der Waals surface area contributed by atoms with Crippen LogP contribution in [0.2, 0.25) is 0 Å². The monoisotopic (exact) mass is 291 g/mol. The molecule has 1 N–H and O–H groups in total. The first kappa shape index (κ1) is 15.5. The first-order valence-corrected chi connectivity index (χ1v) is 7.31. The van der Waals surface area contributed by atoms with Crippen molar-refractivity contribution in [1.82, 2.24) is 0 Å². The maximum atomic E-state index is 12.5. The molecule has 0 aromatic heterocycles. The van der Waals surface area contributed by atoms with Gasteiger partial charge in [0.2, 0.25) is 0 Å². The van der Waals surface area contributed by atoms with Crippen molar-refractivity contribution in [2.45, 2.75) is 38.7 Å². The number of para-hydroxylation sites is 1. The van der Waals surface area contributed by atoms with Crippen LogP contribution < -0.4 is 4.90 Å². The first-order valence-electron chi connectivity index (χ1n) is 7.31. The number of carboxylic acid groups (broad SMARTS) is 1. The molecule has 114 valence electrons. The van der Waals surface area contributed by atoms with E-state index >= 15 is 0 Å². The van der Waals surface area contributed by atoms with E-state index in [9.17, 15) is 14.7 Å². The first-order chi connectivity index (χ1) is 10.1. The van der Waals surface area contributed by atoms with E-state index in [1.807, 2.05) is 6.07 Å². The third-order valence-electron chi connectivity index (χ3n) is 3.75. The minimum atomic E-state index is -0.905. The summed E-state index contributed by atoms with van der Waals surface area (Å²) in [5.41, 5.74) is 1.37. The summed E-state index contributed by atoms with van der Waals surface area (Å²) in [4.78, 5) is 25.4. The molecule has 0 bridgehead atoms. The minimum Gasteiger partial charge on any atom is -0.481 e. The average Bonchev–Trinajstić information content (AvgIpc) is 2.86. The van der Waals surface area contributed by atoms with E-state index in [2.05, 4.69) is 6.92 Å². The van der Waals surface area contributed by atoms with Crippen molar-refractivity contribution >= 4 is 17.6 Å². The van der Waals surface area contributed by atoms with Gasteiger partial charge in [0, 0.05) is 18.8 Å². The van der Waals surface area contributed by atoms with Gasteiger partial charge in [0.15, 0.2) is 0 Å². The van der Waals surface area contributed by atoms with E-state index < -0.39 is 18.0 Å². The molecular formula is C16H21NO4. The van der Waals surface area contributed by atoms with Gasteiger partial charge in [-0.25, -0.2) is 0 Å². The molecule has 1 aromatic rings. The number of anilines is 1. The van der Waals surface area contributed by atoms with Crippen LogP contribution in [0.3, 0.4) is 0 Å². The number of hydrogen-bond donors (Lipinski definition) is 1. The van der Waals surface area contributed by atoms with Gasteiger partial charge in [-0.2, -0.15) is 0 Å². The number of benzene rings is 1. The van der Waals surface area contributed by atoms with Crippen LogP contribution in [-0.2, 0) is 14.3 Å². The van der Waals surface area contributed by atoms with Gasteiger partial charge in [0.1, 0.15) is 12.0 Å². The standard InChI is InChI=1S/C16H21NO4/c1-3-4-9-21-11(2)15(18)17-10-13(16(19)20)12-7-5-6-8-14(12)17/h5-8,11,13H,3-4,9-10H2,1-2H3,(H,19,20). The molecule has 1 aliphatic heterocycles. The average molecular weight is 291 g/mol. The fraction of sp³-hybridized carbons (Fsp3) is 0.500. The van der Waals surface area contributed by atoms with Gasteiger partial charge in [-0.05, 0) is 25.0 Å². The molecule has 0 spiro atoms. The fourth-order valence-corrected chi connectivity index (χ4v) is 2.52. The van der Waals surface area contributed by atoms with E-state index in [1.54, 1.807) is 25.1 Å². The molecule has 1 aromatic carbocycles. The Morgan fingerprint density at radius 3 is 2.81 bits per heavy atom. The second kappa shape index (κ2) is 6.72. The number of carboxylic acids is 1. The van der Waals surface area contributed by atoms with Crippen LogP contribution in [0.5, 0.6) is 0 Å². The van der Waals surface area contributed by atoms with Crippen molar-refractivity contribution in [2.75, 3.05) is 18.1 Å². The molecule has 1 amide bonds. The predicted molar refractivity (Wildman–Crippen MR) is 79.5 cm³/mol. The fourth-order valence-electron chi connectivity index (χ4n) is 2.52. The molecule has 5 heteroatoms. The number of aliphatic carboxylic acids is 1. The van der Waals surface area contributed by atoms with Crippen molar-refractivity contribution in [3.8, 4) is 0 Å². The van der Waals surface area contributed by atoms with E-state index in [1.165, 1.54) is 4.90 Å². The van der Waals surface area contributed by atoms with Gasteiger partial charge in [0.25, 0.3) is 5.91 Å². The summed E-state index contributed by atoms with van der Waals surface area (Å²) in [6, 6.07) is 7.16. The van der Waals surface area contributed by atoms with Crippen LogP contribution in [-0.4, -0.2) is 36.2 Å². The van der Waals surface area contributed by atoms with Crippen LogP contribution in [0.4, 0.5) is 5.69 Å². The van der Waals surface area contributed by atoms with Gasteiger partial charge in [-0.1, -0.05) is 31.5 Å². The van der Waals surface area contributed by atoms with E-state index in [0.29, 0.717) is 17.9 Å². The molecule has 1 heterocycles. The highest BCUT2D eigenvalue weighted by Crippen LogP contribution is 2.36. The third kappa shape index (κ3) is 3.24. The number of fused-ring (bicyclic) bond motifs is 1. The highest BCUT2D eigenvalue weighted by molar-refractivity contribution is 6.01. The molecule has 0 aliphatic carbocycles. The number of amides is 1. The van der Waals surface area contributed by atoms with Gasteiger partial charge < -0.3 is 14.7 Å². The number of nitrogens with zero attached hydrogens (tertiary/aromatic N) is 1. The van der Waals surface area contributed by atoms with Gasteiger partial charge in [-0.3, -0.25) is 9.59 Å². The maximum Gasteiger partial charge on any atom is 0.312 e. The van der Waals surface area contributed by atoms with Crippen LogP contribution in [0.1, 0.15) is 38.2 Å². The summed E-state index contributed by atoms with van der Waals surface area (Å²) < 4.78 is 5.53. The zero-order valence-electron chi connectivity index (χ0n) is 12.4. The third-order valence-corrected chi connectivity index (χ3v) is 3.75. The van der Waals surface area contributed by atoms with Crippen molar-refractivity contribution in [1.29, 1.82) is 0 Å². The molecule has 5 nitrogen and oxygen atoms in total. The SMILES string of the molecule is CCCCOC(C)C(=O)N1CC(C(=O)O)c2ccccc21. The topological polar surface area (TPSA) is 66.8 Å². The predicted octanol–water partition coefficient (Wildman–Crippen LogP) is 2.41. The van der Waals surface area contributed by atoms with Crippen molar-refractivity contribution < 1.29 is 19.4 Å². The molecule has 2 atom stereocenters. The highest BCUT2D eigenvalue weighted by atomic mass is 16.5. The zero-order chi connectivity index (χ0) is 15.4. The lowest BCUT2D eigenvalue weighted by atomic mass is 10.0. The Bertz CT molecular complexity index is 529. The number of hydrogen-bond acceptors (Lipinski definition) is 3. The molecule has 1 aliphatic rings. The van der Waals surface area contributed by atoms with Crippen LogP contribution in [0.25, 0.3) is 0 Å². The van der Waals surface area contributed by atoms with Crippen LogP contribution in [0.15, 0.2) is 24.3 Å². The van der Waals surface area contributed by atoms with Crippen molar-refractivity contribution in [3.63, 3.8) is 0 Å². The van der Waals surface area contributed by atoms with Gasteiger partial charge >= 0.3 is 5.97 Å². The summed E-state index contributed by atoms with van der Waals surface area (Å²) in [5, 5.41) is 9.30. The highest BCUT2D eigenvalue weighted by Gasteiger charge is 2.37. The quantitative estimate of drug-likeness (QED) is 0.817. The van der Waals surface area contributed by atoms with Crippen LogP contribution >= 0.6 is 0 Å². The van der Waals surface area contributed by atoms with Crippen LogP contribution in [0, 0.1) is 0 Å². The number of carbonyl (C=O) groups excluding carboxylic acids is 1. The van der Waals surface area contributed by atoms with E-state index in [-0.39, 0.29) is 12.5 Å². The number of carbonyl (C=O) groups is 2. The molecule has 2 rings (SSSR count). The Kier molecular flexibility index (Phi) is 4.96. The lowest BCUT2D eigenvalue weighted by Gasteiger charge is -2.22. The summed E-state index contributed by atoms with van der Waals surface area (Å²) >= 11 is 0. The Morgan fingerprint density at radius 1 is 1.43 bits per heavy atom. The molecule has 21 heavy (non-hydrogen) atoms. The van der Waals surface area contributed by atoms with Gasteiger partial charge in [0.05, 0.1) is 0 Å². The molecular weight excluding hydrogens is 270 g/mol. The summed E-state index contributed by atoms with van der Waals surface area (Å²) in [6.07, 6.45) is 1.36. The summed E-state index contributed by atoms with van der Waals surface area (Å²) in [7, 11) is 0. The molecule has 0 fully saturated rings. The van der Waals surface area contributed by atoms with E-state index in [4.69, 9.17) is 4.74 Å². The largest absolute Gasteiger partial charge is 0.481 e. The lowest BCUT2D eigenvalue weighted by molar-refractivity contribution is -0.138. The minimum absolute atomic E-state index is 0.176. The molecule has 0 saturated carbocycles. The number of ether oxygens (including phenoxy) is 1. The Hall–Kier alpha value is -1.88. The zero-order valence-corrected chi connectivity index (χ0v) is 12.4. The van der Waals surface area contributed by atoms with E-state index in [0.717, 1.165) is 12.8 Å². The van der Waals surface area contributed by atoms with Crippen molar-refractivity contribution in [2.24, 2.45) is 0 Å². The summed E-state index contributed by atoms with van der Waals surface area (Å²) in [6.45, 7) is 4.50. The second-order valence-electron chi connectivity index (χ2n) is 5.27. The Labute approximate surface area is 124 Å². The molecule has 0 saturated heterocycles. The summed E-state index contributed by atoms with van der Waals surface area (Å²) in [5.74, 6) is -1.74. The Balaban J connectivity index is 2.14. The molecule has 2 unspecified atom stereocenters. The smallest absolute Gasteiger partial charge is 0.312 e. The maximum absolute atomic E-state index is 12.5.